The third-order valence-corrected chi connectivity index (χ3v) is 7.97. The van der Waals surface area contributed by atoms with Crippen molar-refractivity contribution in [3.05, 3.63) is 100 Å². The van der Waals surface area contributed by atoms with Gasteiger partial charge in [0.05, 0.1) is 5.52 Å². The summed E-state index contributed by atoms with van der Waals surface area (Å²) < 4.78 is 6.33. The monoisotopic (exact) mass is 580 g/mol. The molecule has 0 bridgehead atoms. The lowest BCUT2D eigenvalue weighted by molar-refractivity contribution is 0.102. The maximum atomic E-state index is 13.3. The van der Waals surface area contributed by atoms with E-state index in [0.717, 1.165) is 60.6 Å². The highest BCUT2D eigenvalue weighted by Crippen LogP contribution is 2.32. The molecule has 8 nitrogen and oxygen atoms in total. The number of aryl methyl sites for hydroxylation is 2. The lowest BCUT2D eigenvalue weighted by atomic mass is 10.1. The Morgan fingerprint density at radius 3 is 2.50 bits per heavy atom. The van der Waals surface area contributed by atoms with Crippen molar-refractivity contribution in [3.8, 4) is 23.0 Å². The van der Waals surface area contributed by atoms with Gasteiger partial charge in [0.2, 0.25) is 5.88 Å². The number of anilines is 1. The van der Waals surface area contributed by atoms with E-state index in [1.165, 1.54) is 5.56 Å². The molecule has 0 unspecified atom stereocenters. The number of H-pyrrole nitrogens is 1. The van der Waals surface area contributed by atoms with Crippen LogP contribution in [0.2, 0.25) is 5.02 Å². The van der Waals surface area contributed by atoms with Crippen LogP contribution in [0.1, 0.15) is 27.0 Å². The van der Waals surface area contributed by atoms with Crippen molar-refractivity contribution in [3.63, 3.8) is 0 Å². The van der Waals surface area contributed by atoms with Crippen LogP contribution in [-0.2, 0) is 6.54 Å². The van der Waals surface area contributed by atoms with E-state index in [9.17, 15) is 4.79 Å². The van der Waals surface area contributed by atoms with Gasteiger partial charge in [-0.15, -0.1) is 0 Å². The highest BCUT2D eigenvalue weighted by Gasteiger charge is 2.17. The number of piperazine rings is 1. The second-order valence-corrected chi connectivity index (χ2v) is 11.3. The average Bonchev–Trinajstić information content (AvgIpc) is 3.46. The summed E-state index contributed by atoms with van der Waals surface area (Å²) in [5.41, 5.74) is 6.79. The largest absolute Gasteiger partial charge is 0.437 e. The fraction of sp³-hybridized carbons (Fsp3) is 0.242. The Hall–Kier alpha value is -4.24. The van der Waals surface area contributed by atoms with Gasteiger partial charge >= 0.3 is 0 Å². The molecule has 6 rings (SSSR count). The topological polar surface area (TPSA) is 86.4 Å². The van der Waals surface area contributed by atoms with Crippen molar-refractivity contribution in [2.45, 2.75) is 20.4 Å². The van der Waals surface area contributed by atoms with Crippen LogP contribution < -0.4 is 10.1 Å². The predicted octanol–water partition coefficient (Wildman–Crippen LogP) is 6.69. The maximum Gasteiger partial charge on any atom is 0.255 e. The Morgan fingerprint density at radius 1 is 0.952 bits per heavy atom. The summed E-state index contributed by atoms with van der Waals surface area (Å²) in [5.74, 6) is 1.23. The summed E-state index contributed by atoms with van der Waals surface area (Å²) in [6, 6.07) is 20.8. The predicted molar refractivity (Wildman–Crippen MR) is 167 cm³/mol. The Balaban J connectivity index is 1.20. The van der Waals surface area contributed by atoms with Gasteiger partial charge in [-0.05, 0) is 92.2 Å². The number of fused-ring (bicyclic) bond motifs is 1. The minimum Gasteiger partial charge on any atom is -0.437 e. The lowest BCUT2D eigenvalue weighted by Gasteiger charge is -2.32. The molecule has 214 valence electrons. The molecule has 9 heteroatoms. The number of carbonyl (C=O) groups excluding carboxylic acids is 1. The number of rotatable bonds is 7. The zero-order valence-corrected chi connectivity index (χ0v) is 24.7. The SMILES string of the molecule is Cc1cc(NC(=O)c2ccc(C)c(Oc3nc(-c4ccc(Cl)cc4)nc4cc[nH]c34)c2)ccc1CN1CCN(C)CC1. The third-order valence-electron chi connectivity index (χ3n) is 7.72. The Morgan fingerprint density at radius 2 is 1.74 bits per heavy atom. The number of hydrogen-bond donors (Lipinski definition) is 2. The van der Waals surface area contributed by atoms with E-state index < -0.39 is 0 Å². The van der Waals surface area contributed by atoms with Gasteiger partial charge in [-0.25, -0.2) is 4.98 Å². The first-order valence-electron chi connectivity index (χ1n) is 14.0. The summed E-state index contributed by atoms with van der Waals surface area (Å²) >= 11 is 6.07. The van der Waals surface area contributed by atoms with Crippen LogP contribution in [0, 0.1) is 13.8 Å². The van der Waals surface area contributed by atoms with E-state index >= 15 is 0 Å². The van der Waals surface area contributed by atoms with Crippen molar-refractivity contribution in [2.75, 3.05) is 38.5 Å². The Labute approximate surface area is 250 Å². The Bertz CT molecular complexity index is 1740. The summed E-state index contributed by atoms with van der Waals surface area (Å²) in [5, 5.41) is 3.69. The zero-order chi connectivity index (χ0) is 29.2. The maximum absolute atomic E-state index is 13.3. The van der Waals surface area contributed by atoms with E-state index in [-0.39, 0.29) is 5.91 Å². The number of halogens is 1. The fourth-order valence-corrected chi connectivity index (χ4v) is 5.20. The van der Waals surface area contributed by atoms with Crippen LogP contribution >= 0.6 is 11.6 Å². The number of benzene rings is 3. The number of carbonyl (C=O) groups is 1. The summed E-state index contributed by atoms with van der Waals surface area (Å²) in [7, 11) is 2.17. The molecule has 2 N–H and O–H groups in total. The first-order chi connectivity index (χ1) is 20.3. The van der Waals surface area contributed by atoms with Crippen LogP contribution in [0.3, 0.4) is 0 Å². The summed E-state index contributed by atoms with van der Waals surface area (Å²) in [4.78, 5) is 30.7. The van der Waals surface area contributed by atoms with Gasteiger partial charge in [0, 0.05) is 60.8 Å². The molecule has 5 aromatic rings. The van der Waals surface area contributed by atoms with Gasteiger partial charge in [-0.3, -0.25) is 9.69 Å². The number of amides is 1. The molecule has 1 aliphatic rings. The number of ether oxygens (including phenoxy) is 1. The fourth-order valence-electron chi connectivity index (χ4n) is 5.08. The molecule has 2 aromatic heterocycles. The average molecular weight is 581 g/mol. The number of hydrogen-bond acceptors (Lipinski definition) is 6. The molecule has 1 aliphatic heterocycles. The smallest absolute Gasteiger partial charge is 0.255 e. The molecule has 0 spiro atoms. The molecule has 3 heterocycles. The highest BCUT2D eigenvalue weighted by molar-refractivity contribution is 6.30. The van der Waals surface area contributed by atoms with E-state index in [1.54, 1.807) is 30.5 Å². The second kappa shape index (κ2) is 11.9. The molecule has 0 atom stereocenters. The number of nitrogens with one attached hydrogen (secondary N) is 2. The van der Waals surface area contributed by atoms with E-state index in [1.807, 2.05) is 43.3 Å². The Kier molecular flexibility index (Phi) is 7.93. The van der Waals surface area contributed by atoms with Crippen LogP contribution in [-0.4, -0.2) is 63.9 Å². The molecule has 1 saturated heterocycles. The van der Waals surface area contributed by atoms with Crippen molar-refractivity contribution in [1.29, 1.82) is 0 Å². The normalized spacial score (nSPS) is 14.3. The molecule has 0 saturated carbocycles. The quantitative estimate of drug-likeness (QED) is 0.223. The lowest BCUT2D eigenvalue weighted by Crippen LogP contribution is -2.43. The zero-order valence-electron chi connectivity index (χ0n) is 23.9. The standard InChI is InChI=1S/C33H33ClN6O2/c1-21-4-5-24(32(41)36-27-11-8-25(22(2)18-27)20-40-16-14-39(3)15-17-40)19-29(21)42-33-30-28(12-13-35-30)37-31(38-33)23-6-9-26(34)10-7-23/h4-13,18-19,35H,14-17,20H2,1-3H3,(H,36,41). The van der Waals surface area contributed by atoms with Gasteiger partial charge in [0.1, 0.15) is 11.3 Å². The van der Waals surface area contributed by atoms with Gasteiger partial charge in [0.25, 0.3) is 5.91 Å². The van der Waals surface area contributed by atoms with E-state index in [0.29, 0.717) is 33.6 Å². The molecule has 1 fully saturated rings. The van der Waals surface area contributed by atoms with Gasteiger partial charge in [-0.2, -0.15) is 4.98 Å². The second-order valence-electron chi connectivity index (χ2n) is 10.9. The molecule has 0 radical (unpaired) electrons. The molecule has 1 amide bonds. The van der Waals surface area contributed by atoms with Gasteiger partial charge in [-0.1, -0.05) is 23.7 Å². The molecular weight excluding hydrogens is 548 g/mol. The number of aromatic amines is 1. The molecule has 3 aromatic carbocycles. The van der Waals surface area contributed by atoms with E-state index in [2.05, 4.69) is 45.1 Å². The van der Waals surface area contributed by atoms with Crippen molar-refractivity contribution in [2.24, 2.45) is 0 Å². The van der Waals surface area contributed by atoms with Crippen LogP contribution in [0.15, 0.2) is 72.9 Å². The van der Waals surface area contributed by atoms with Crippen LogP contribution in [0.25, 0.3) is 22.4 Å². The molecule has 0 aliphatic carbocycles. The minimum absolute atomic E-state index is 0.208. The summed E-state index contributed by atoms with van der Waals surface area (Å²) in [6.45, 7) is 9.27. The van der Waals surface area contributed by atoms with Gasteiger partial charge < -0.3 is 19.9 Å². The summed E-state index contributed by atoms with van der Waals surface area (Å²) in [6.07, 6.45) is 1.80. The number of likely N-dealkylation sites (N-methyl/N-ethyl adjacent to an activating group) is 1. The van der Waals surface area contributed by atoms with Crippen molar-refractivity contribution >= 4 is 34.2 Å². The highest BCUT2D eigenvalue weighted by atomic mass is 35.5. The van der Waals surface area contributed by atoms with Crippen LogP contribution in [0.5, 0.6) is 11.6 Å². The first-order valence-corrected chi connectivity index (χ1v) is 14.4. The van der Waals surface area contributed by atoms with E-state index in [4.69, 9.17) is 21.3 Å². The molecular formula is C33H33ClN6O2. The minimum atomic E-state index is -0.208. The van der Waals surface area contributed by atoms with Crippen LogP contribution in [0.4, 0.5) is 5.69 Å². The van der Waals surface area contributed by atoms with Crippen molar-refractivity contribution < 1.29 is 9.53 Å². The number of aromatic nitrogens is 3. The number of nitrogens with zero attached hydrogens (tertiary/aromatic N) is 4. The van der Waals surface area contributed by atoms with Crippen molar-refractivity contribution in [1.82, 2.24) is 24.8 Å². The third kappa shape index (κ3) is 6.16. The van der Waals surface area contributed by atoms with Gasteiger partial charge in [0.15, 0.2) is 5.82 Å². The first kappa shape index (κ1) is 27.9. The molecule has 42 heavy (non-hydrogen) atoms.